The van der Waals surface area contributed by atoms with E-state index in [0.29, 0.717) is 22.8 Å². The van der Waals surface area contributed by atoms with Crippen molar-refractivity contribution in [3.8, 4) is 17.2 Å². The van der Waals surface area contributed by atoms with Gasteiger partial charge in [0.1, 0.15) is 12.4 Å². The Hall–Kier alpha value is -4.07. The Morgan fingerprint density at radius 3 is 2.57 bits per heavy atom. The molecule has 0 bridgehead atoms. The van der Waals surface area contributed by atoms with Crippen LogP contribution in [0.4, 0.5) is 0 Å². The van der Waals surface area contributed by atoms with Crippen LogP contribution in [-0.2, 0) is 9.59 Å². The molecule has 1 amide bonds. The van der Waals surface area contributed by atoms with Crippen LogP contribution >= 0.6 is 0 Å². The molecule has 0 aliphatic carbocycles. The zero-order valence-electron chi connectivity index (χ0n) is 15.8. The van der Waals surface area contributed by atoms with Crippen molar-refractivity contribution in [1.82, 2.24) is 5.43 Å². The van der Waals surface area contributed by atoms with Crippen molar-refractivity contribution in [2.75, 3.05) is 13.2 Å². The number of rotatable bonds is 6. The molecule has 1 aliphatic heterocycles. The van der Waals surface area contributed by atoms with Crippen LogP contribution in [0.1, 0.15) is 5.56 Å². The average molecular weight is 406 g/mol. The minimum absolute atomic E-state index is 0.0605. The molecule has 1 atom stereocenters. The highest BCUT2D eigenvalue weighted by molar-refractivity contribution is 5.88. The Bertz CT molecular complexity index is 1130. The molecule has 0 unspecified atom stereocenters. The summed E-state index contributed by atoms with van der Waals surface area (Å²) in [5.74, 6) is -0.121. The van der Waals surface area contributed by atoms with E-state index in [2.05, 4.69) is 10.5 Å². The Labute approximate surface area is 171 Å². The number of carbonyl (C=O) groups is 2. The number of aliphatic carboxylic acids is 1. The van der Waals surface area contributed by atoms with Crippen LogP contribution in [-0.4, -0.2) is 42.5 Å². The van der Waals surface area contributed by atoms with E-state index in [1.54, 1.807) is 24.3 Å². The van der Waals surface area contributed by atoms with E-state index in [9.17, 15) is 9.59 Å². The first kappa shape index (κ1) is 19.3. The number of hydrogen-bond donors (Lipinski definition) is 2. The zero-order chi connectivity index (χ0) is 20.9. The average Bonchev–Trinajstić information content (AvgIpc) is 2.76. The summed E-state index contributed by atoms with van der Waals surface area (Å²) >= 11 is 0. The lowest BCUT2D eigenvalue weighted by atomic mass is 10.1. The van der Waals surface area contributed by atoms with E-state index in [1.165, 1.54) is 6.21 Å². The fourth-order valence-corrected chi connectivity index (χ4v) is 2.98. The fraction of sp³-hybridized carbons (Fsp3) is 0.136. The normalized spacial score (nSPS) is 15.1. The van der Waals surface area contributed by atoms with Gasteiger partial charge in [-0.15, -0.1) is 0 Å². The van der Waals surface area contributed by atoms with Crippen molar-refractivity contribution in [2.24, 2.45) is 5.10 Å². The van der Waals surface area contributed by atoms with Gasteiger partial charge in [-0.2, -0.15) is 5.10 Å². The second-order valence-electron chi connectivity index (χ2n) is 6.52. The maximum absolute atomic E-state index is 12.4. The maximum Gasteiger partial charge on any atom is 0.341 e. The molecule has 0 fully saturated rings. The number of hydrazone groups is 1. The predicted molar refractivity (Wildman–Crippen MR) is 109 cm³/mol. The van der Waals surface area contributed by atoms with Gasteiger partial charge < -0.3 is 19.3 Å². The Kier molecular flexibility index (Phi) is 5.47. The molecule has 2 N–H and O–H groups in total. The summed E-state index contributed by atoms with van der Waals surface area (Å²) < 4.78 is 16.7. The summed E-state index contributed by atoms with van der Waals surface area (Å²) in [6.07, 6.45) is 0.523. The van der Waals surface area contributed by atoms with Crippen LogP contribution in [0.25, 0.3) is 10.8 Å². The number of carboxylic acids is 1. The number of hydrogen-bond acceptors (Lipinski definition) is 6. The molecule has 0 aromatic heterocycles. The Balaban J connectivity index is 1.41. The summed E-state index contributed by atoms with van der Waals surface area (Å²) in [5, 5.41) is 14.7. The zero-order valence-corrected chi connectivity index (χ0v) is 15.8. The molecule has 8 nitrogen and oxygen atoms in total. The molecule has 1 aliphatic rings. The van der Waals surface area contributed by atoms with Crippen LogP contribution < -0.4 is 19.6 Å². The van der Waals surface area contributed by atoms with Crippen LogP contribution in [0, 0.1) is 0 Å². The molecule has 3 aromatic rings. The molecule has 8 heteroatoms. The predicted octanol–water partition coefficient (Wildman–Crippen LogP) is 2.59. The van der Waals surface area contributed by atoms with E-state index in [-0.39, 0.29) is 6.61 Å². The van der Waals surface area contributed by atoms with Gasteiger partial charge in [-0.25, -0.2) is 10.2 Å². The van der Waals surface area contributed by atoms with E-state index in [4.69, 9.17) is 19.3 Å². The van der Waals surface area contributed by atoms with Crippen molar-refractivity contribution in [3.05, 3.63) is 66.2 Å². The van der Waals surface area contributed by atoms with Crippen LogP contribution in [0.2, 0.25) is 0 Å². The summed E-state index contributed by atoms with van der Waals surface area (Å²) in [4.78, 5) is 23.1. The van der Waals surface area contributed by atoms with Gasteiger partial charge in [-0.3, -0.25) is 4.79 Å². The van der Waals surface area contributed by atoms with Gasteiger partial charge in [0.05, 0.1) is 6.21 Å². The summed E-state index contributed by atoms with van der Waals surface area (Å²) in [6.45, 7) is -0.413. The monoisotopic (exact) mass is 406 g/mol. The maximum atomic E-state index is 12.4. The van der Waals surface area contributed by atoms with Gasteiger partial charge in [-0.1, -0.05) is 36.4 Å². The molecule has 0 spiro atoms. The van der Waals surface area contributed by atoms with Crippen molar-refractivity contribution in [2.45, 2.75) is 6.10 Å². The Morgan fingerprint density at radius 1 is 1.10 bits per heavy atom. The van der Waals surface area contributed by atoms with Gasteiger partial charge in [0.25, 0.3) is 5.91 Å². The molecule has 152 valence electrons. The van der Waals surface area contributed by atoms with Gasteiger partial charge in [0, 0.05) is 5.56 Å². The number of fused-ring (bicyclic) bond motifs is 2. The molecule has 0 saturated heterocycles. The van der Waals surface area contributed by atoms with Crippen molar-refractivity contribution in [3.63, 3.8) is 0 Å². The first-order chi connectivity index (χ1) is 14.6. The largest absolute Gasteiger partial charge is 0.485 e. The third-order valence-corrected chi connectivity index (χ3v) is 4.41. The van der Waals surface area contributed by atoms with Gasteiger partial charge >= 0.3 is 5.97 Å². The lowest BCUT2D eigenvalue weighted by Gasteiger charge is -2.25. The van der Waals surface area contributed by atoms with Crippen LogP contribution in [0.15, 0.2) is 65.8 Å². The molecule has 1 heterocycles. The number of amides is 1. The van der Waals surface area contributed by atoms with E-state index in [0.717, 1.165) is 10.8 Å². The highest BCUT2D eigenvalue weighted by Crippen LogP contribution is 2.35. The summed E-state index contributed by atoms with van der Waals surface area (Å²) in [5.41, 5.74) is 2.94. The third-order valence-electron chi connectivity index (χ3n) is 4.41. The summed E-state index contributed by atoms with van der Waals surface area (Å²) in [6, 6.07) is 18.3. The van der Waals surface area contributed by atoms with Crippen LogP contribution in [0.3, 0.4) is 0 Å². The lowest BCUT2D eigenvalue weighted by molar-refractivity contribution is -0.139. The quantitative estimate of drug-likeness (QED) is 0.481. The van der Waals surface area contributed by atoms with Crippen molar-refractivity contribution in [1.29, 1.82) is 0 Å². The first-order valence-corrected chi connectivity index (χ1v) is 9.19. The molecule has 30 heavy (non-hydrogen) atoms. The molecule has 3 aromatic carbocycles. The number of nitrogens with one attached hydrogen (secondary N) is 1. The number of para-hydroxylation sites is 1. The number of ether oxygens (including phenoxy) is 3. The van der Waals surface area contributed by atoms with E-state index in [1.807, 2.05) is 36.4 Å². The lowest BCUT2D eigenvalue weighted by Crippen LogP contribution is -2.42. The molecule has 0 saturated carbocycles. The molecule has 4 rings (SSSR count). The highest BCUT2D eigenvalue weighted by atomic mass is 16.6. The van der Waals surface area contributed by atoms with Crippen molar-refractivity contribution < 1.29 is 28.9 Å². The molecule has 0 radical (unpaired) electrons. The topological polar surface area (TPSA) is 106 Å². The Morgan fingerprint density at radius 2 is 1.80 bits per heavy atom. The standard InChI is InChI=1S/C22H18N2O6/c25-21(26)13-29-17-8-4-3-7-16(17)11-23-24-22(27)20-12-28-18-9-14-5-1-2-6-15(14)10-19(18)30-20/h1-11,20H,12-13H2,(H,24,27)(H,25,26)/b23-11+/t20-/m1/s1. The minimum Gasteiger partial charge on any atom is -0.485 e. The van der Waals surface area contributed by atoms with Crippen molar-refractivity contribution >= 4 is 28.9 Å². The smallest absolute Gasteiger partial charge is 0.341 e. The third kappa shape index (κ3) is 4.33. The van der Waals surface area contributed by atoms with E-state index < -0.39 is 24.6 Å². The highest BCUT2D eigenvalue weighted by Gasteiger charge is 2.27. The number of carboxylic acid groups (broad SMARTS) is 1. The van der Waals surface area contributed by atoms with Gasteiger partial charge in [0.2, 0.25) is 6.10 Å². The van der Waals surface area contributed by atoms with Crippen LogP contribution in [0.5, 0.6) is 17.2 Å². The number of nitrogens with zero attached hydrogens (tertiary/aromatic N) is 1. The first-order valence-electron chi connectivity index (χ1n) is 9.19. The fourth-order valence-electron chi connectivity index (χ4n) is 2.98. The second-order valence-corrected chi connectivity index (χ2v) is 6.52. The SMILES string of the molecule is O=C(O)COc1ccccc1/C=N/NC(=O)[C@H]1COc2cc3ccccc3cc2O1. The summed E-state index contributed by atoms with van der Waals surface area (Å²) in [7, 11) is 0. The number of carbonyl (C=O) groups excluding carboxylic acids is 1. The minimum atomic E-state index is -1.09. The molecular weight excluding hydrogens is 388 g/mol. The van der Waals surface area contributed by atoms with E-state index >= 15 is 0 Å². The second kappa shape index (κ2) is 8.52. The van der Waals surface area contributed by atoms with Gasteiger partial charge in [-0.05, 0) is 35.0 Å². The van der Waals surface area contributed by atoms with Gasteiger partial charge in [0.15, 0.2) is 18.1 Å². The molecular formula is C22H18N2O6. The number of benzene rings is 3.